The molecule has 1 aromatic heterocycles. The molecule has 1 aliphatic carbocycles. The Hall–Kier alpha value is -1.36. The molecule has 1 atom stereocenters. The van der Waals surface area contributed by atoms with E-state index in [1.54, 1.807) is 6.92 Å². The maximum absolute atomic E-state index is 12.4. The van der Waals surface area contributed by atoms with E-state index in [0.717, 1.165) is 12.8 Å². The van der Waals surface area contributed by atoms with Crippen molar-refractivity contribution in [3.8, 4) is 0 Å². The van der Waals surface area contributed by atoms with E-state index in [1.165, 1.54) is 12.8 Å². The second-order valence-electron chi connectivity index (χ2n) is 5.41. The van der Waals surface area contributed by atoms with Crippen molar-refractivity contribution >= 4 is 5.91 Å². The van der Waals surface area contributed by atoms with Crippen LogP contribution in [0.2, 0.25) is 0 Å². The van der Waals surface area contributed by atoms with E-state index in [0.29, 0.717) is 24.5 Å². The summed E-state index contributed by atoms with van der Waals surface area (Å²) in [7, 11) is 0. The number of hydrogen-bond acceptors (Lipinski definition) is 4. The predicted octanol–water partition coefficient (Wildman–Crippen LogP) is 1.77. The lowest BCUT2D eigenvalue weighted by Crippen LogP contribution is -2.59. The van der Waals surface area contributed by atoms with Gasteiger partial charge in [0, 0.05) is 6.54 Å². The van der Waals surface area contributed by atoms with Crippen molar-refractivity contribution in [3.63, 3.8) is 0 Å². The largest absolute Gasteiger partial charge is 0.448 e. The number of nitrogens with zero attached hydrogens (tertiary/aromatic N) is 2. The first-order valence-electron chi connectivity index (χ1n) is 6.47. The summed E-state index contributed by atoms with van der Waals surface area (Å²) in [6.07, 6.45) is 4.72. The molecule has 1 spiro atoms. The minimum absolute atomic E-state index is 0.0392. The van der Waals surface area contributed by atoms with Crippen LogP contribution in [0, 0.1) is 6.92 Å². The van der Waals surface area contributed by atoms with Gasteiger partial charge in [-0.25, -0.2) is 4.98 Å². The van der Waals surface area contributed by atoms with Gasteiger partial charge < -0.3 is 14.1 Å². The summed E-state index contributed by atoms with van der Waals surface area (Å²) >= 11 is 0. The summed E-state index contributed by atoms with van der Waals surface area (Å²) in [4.78, 5) is 18.3. The fraction of sp³-hybridized carbons (Fsp3) is 0.692. The van der Waals surface area contributed by atoms with Gasteiger partial charge >= 0.3 is 0 Å². The SMILES string of the molecule is Cc1ocnc1C(=O)N1CC(C)OC2(CCC2)C1. The second kappa shape index (κ2) is 4.09. The van der Waals surface area contributed by atoms with Crippen molar-refractivity contribution in [2.45, 2.75) is 44.8 Å². The number of aromatic nitrogens is 1. The lowest BCUT2D eigenvalue weighted by atomic mass is 9.78. The first kappa shape index (κ1) is 11.7. The van der Waals surface area contributed by atoms with E-state index in [9.17, 15) is 4.79 Å². The van der Waals surface area contributed by atoms with Gasteiger partial charge in [-0.3, -0.25) is 4.79 Å². The minimum Gasteiger partial charge on any atom is -0.448 e. The predicted molar refractivity (Wildman–Crippen MR) is 64.3 cm³/mol. The molecule has 2 heterocycles. The minimum atomic E-state index is -0.0923. The van der Waals surface area contributed by atoms with Crippen LogP contribution in [-0.4, -0.2) is 40.6 Å². The van der Waals surface area contributed by atoms with Gasteiger partial charge in [-0.15, -0.1) is 0 Å². The van der Waals surface area contributed by atoms with Gasteiger partial charge in [-0.05, 0) is 33.1 Å². The lowest BCUT2D eigenvalue weighted by molar-refractivity contribution is -0.176. The number of amides is 1. The van der Waals surface area contributed by atoms with Gasteiger partial charge in [0.15, 0.2) is 12.1 Å². The molecular formula is C13H18N2O3. The Balaban J connectivity index is 1.79. The number of carbonyl (C=O) groups is 1. The van der Waals surface area contributed by atoms with E-state index in [-0.39, 0.29) is 17.6 Å². The Bertz CT molecular complexity index is 465. The van der Waals surface area contributed by atoms with Crippen LogP contribution < -0.4 is 0 Å². The number of oxazole rings is 1. The molecule has 5 nitrogen and oxygen atoms in total. The molecule has 98 valence electrons. The third-order valence-electron chi connectivity index (χ3n) is 3.91. The molecule has 0 bridgehead atoms. The fourth-order valence-electron chi connectivity index (χ4n) is 2.89. The smallest absolute Gasteiger partial charge is 0.276 e. The standard InChI is InChI=1S/C13H18N2O3/c1-9-6-15(7-13(18-9)4-3-5-13)12(16)11-10(2)17-8-14-11/h8-9H,3-7H2,1-2H3. The molecule has 3 rings (SSSR count). The highest BCUT2D eigenvalue weighted by Crippen LogP contribution is 2.40. The van der Waals surface area contributed by atoms with E-state index in [1.807, 2.05) is 11.8 Å². The Kier molecular flexibility index (Phi) is 2.66. The fourth-order valence-corrected chi connectivity index (χ4v) is 2.89. The number of carbonyl (C=O) groups excluding carboxylic acids is 1. The number of morpholine rings is 1. The Morgan fingerprint density at radius 2 is 2.33 bits per heavy atom. The van der Waals surface area contributed by atoms with Crippen molar-refractivity contribution in [2.24, 2.45) is 0 Å². The van der Waals surface area contributed by atoms with E-state index in [4.69, 9.17) is 9.15 Å². The topological polar surface area (TPSA) is 55.6 Å². The van der Waals surface area contributed by atoms with Crippen LogP contribution in [0.3, 0.4) is 0 Å². The van der Waals surface area contributed by atoms with E-state index in [2.05, 4.69) is 4.98 Å². The van der Waals surface area contributed by atoms with Crippen molar-refractivity contribution < 1.29 is 13.9 Å². The molecule has 0 radical (unpaired) electrons. The molecule has 1 aromatic rings. The average molecular weight is 250 g/mol. The summed E-state index contributed by atoms with van der Waals surface area (Å²) in [6.45, 7) is 5.10. The summed E-state index contributed by atoms with van der Waals surface area (Å²) in [5.74, 6) is 0.546. The second-order valence-corrected chi connectivity index (χ2v) is 5.41. The molecule has 2 aliphatic rings. The van der Waals surface area contributed by atoms with Crippen LogP contribution in [0.15, 0.2) is 10.8 Å². The third kappa shape index (κ3) is 1.82. The zero-order chi connectivity index (χ0) is 12.8. The highest BCUT2D eigenvalue weighted by molar-refractivity contribution is 5.93. The van der Waals surface area contributed by atoms with Crippen LogP contribution in [-0.2, 0) is 4.74 Å². The maximum Gasteiger partial charge on any atom is 0.276 e. The molecular weight excluding hydrogens is 232 g/mol. The van der Waals surface area contributed by atoms with Crippen LogP contribution in [0.25, 0.3) is 0 Å². The van der Waals surface area contributed by atoms with Gasteiger partial charge in [0.1, 0.15) is 5.76 Å². The monoisotopic (exact) mass is 250 g/mol. The molecule has 1 saturated carbocycles. The van der Waals surface area contributed by atoms with Crippen molar-refractivity contribution in [2.75, 3.05) is 13.1 Å². The van der Waals surface area contributed by atoms with Gasteiger partial charge in [0.25, 0.3) is 5.91 Å². The summed E-state index contributed by atoms with van der Waals surface area (Å²) in [5.41, 5.74) is 0.337. The summed E-state index contributed by atoms with van der Waals surface area (Å²) in [6, 6.07) is 0. The highest BCUT2D eigenvalue weighted by atomic mass is 16.5. The van der Waals surface area contributed by atoms with Crippen LogP contribution in [0.1, 0.15) is 42.4 Å². The molecule has 1 unspecified atom stereocenters. The van der Waals surface area contributed by atoms with Gasteiger partial charge in [-0.2, -0.15) is 0 Å². The summed E-state index contributed by atoms with van der Waals surface area (Å²) < 4.78 is 11.1. The molecule has 1 amide bonds. The third-order valence-corrected chi connectivity index (χ3v) is 3.91. The first-order valence-corrected chi connectivity index (χ1v) is 6.47. The average Bonchev–Trinajstić information content (AvgIpc) is 2.71. The zero-order valence-electron chi connectivity index (χ0n) is 10.8. The maximum atomic E-state index is 12.4. The van der Waals surface area contributed by atoms with Gasteiger partial charge in [-0.1, -0.05) is 0 Å². The number of aryl methyl sites for hydroxylation is 1. The molecule has 0 N–H and O–H groups in total. The van der Waals surface area contributed by atoms with Gasteiger partial charge in [0.05, 0.1) is 18.2 Å². The van der Waals surface area contributed by atoms with Crippen molar-refractivity contribution in [3.05, 3.63) is 17.8 Å². The van der Waals surface area contributed by atoms with Crippen molar-refractivity contribution in [1.82, 2.24) is 9.88 Å². The Labute approximate surface area is 106 Å². The van der Waals surface area contributed by atoms with Crippen LogP contribution >= 0.6 is 0 Å². The molecule has 2 fully saturated rings. The number of ether oxygens (including phenoxy) is 1. The number of rotatable bonds is 1. The Morgan fingerprint density at radius 3 is 2.89 bits per heavy atom. The molecule has 0 aromatic carbocycles. The molecule has 5 heteroatoms. The number of hydrogen-bond donors (Lipinski definition) is 0. The molecule has 18 heavy (non-hydrogen) atoms. The molecule has 1 aliphatic heterocycles. The summed E-state index contributed by atoms with van der Waals surface area (Å²) in [5, 5.41) is 0. The van der Waals surface area contributed by atoms with Gasteiger partial charge in [0.2, 0.25) is 0 Å². The Morgan fingerprint density at radius 1 is 1.56 bits per heavy atom. The van der Waals surface area contributed by atoms with Crippen LogP contribution in [0.5, 0.6) is 0 Å². The lowest BCUT2D eigenvalue weighted by Gasteiger charge is -2.50. The quantitative estimate of drug-likeness (QED) is 0.762. The van der Waals surface area contributed by atoms with E-state index < -0.39 is 0 Å². The first-order chi connectivity index (χ1) is 8.60. The van der Waals surface area contributed by atoms with Crippen LogP contribution in [0.4, 0.5) is 0 Å². The van der Waals surface area contributed by atoms with Crippen molar-refractivity contribution in [1.29, 1.82) is 0 Å². The normalized spacial score (nSPS) is 26.1. The zero-order valence-corrected chi connectivity index (χ0v) is 10.8. The highest BCUT2D eigenvalue weighted by Gasteiger charge is 2.45. The van der Waals surface area contributed by atoms with E-state index >= 15 is 0 Å². The molecule has 1 saturated heterocycles.